The van der Waals surface area contributed by atoms with Gasteiger partial charge in [-0.15, -0.1) is 0 Å². The van der Waals surface area contributed by atoms with Gasteiger partial charge in [0.25, 0.3) is 11.5 Å². The van der Waals surface area contributed by atoms with Crippen LogP contribution in [0.25, 0.3) is 11.3 Å². The Morgan fingerprint density at radius 2 is 1.80 bits per heavy atom. The van der Waals surface area contributed by atoms with Crippen molar-refractivity contribution < 1.29 is 9.53 Å². The normalized spacial score (nSPS) is 15.9. The summed E-state index contributed by atoms with van der Waals surface area (Å²) >= 11 is 0. The molecule has 4 aromatic rings. The number of ether oxygens (including phenoxy) is 1. The highest BCUT2D eigenvalue weighted by Crippen LogP contribution is 2.31. The van der Waals surface area contributed by atoms with E-state index < -0.39 is 6.17 Å². The molecule has 1 atom stereocenters. The fourth-order valence-corrected chi connectivity index (χ4v) is 4.87. The molecule has 1 aliphatic heterocycles. The second-order valence-corrected chi connectivity index (χ2v) is 11.2. The summed E-state index contributed by atoms with van der Waals surface area (Å²) in [5.41, 5.74) is 11.4. The molecule has 0 bridgehead atoms. The first-order valence-corrected chi connectivity index (χ1v) is 13.7. The smallest absolute Gasteiger partial charge is 0.292 e. The van der Waals surface area contributed by atoms with E-state index in [1.165, 1.54) is 0 Å². The molecule has 9 nitrogen and oxygen atoms in total. The topological polar surface area (TPSA) is 117 Å². The van der Waals surface area contributed by atoms with Gasteiger partial charge in [0.05, 0.1) is 24.6 Å². The number of benzene rings is 3. The van der Waals surface area contributed by atoms with Crippen LogP contribution in [0.2, 0.25) is 0 Å². The lowest BCUT2D eigenvalue weighted by atomic mass is 9.86. The lowest BCUT2D eigenvalue weighted by Gasteiger charge is -2.41. The summed E-state index contributed by atoms with van der Waals surface area (Å²) in [6, 6.07) is 22.8. The lowest BCUT2D eigenvalue weighted by Crippen LogP contribution is -2.58. The van der Waals surface area contributed by atoms with E-state index in [0.717, 1.165) is 22.4 Å². The summed E-state index contributed by atoms with van der Waals surface area (Å²) in [6.45, 7) is 9.66. The molecule has 1 amide bonds. The molecular weight excluding hydrogens is 516 g/mol. The average molecular weight is 553 g/mol. The molecule has 1 saturated heterocycles. The second kappa shape index (κ2) is 11.7. The van der Waals surface area contributed by atoms with E-state index in [-0.39, 0.29) is 22.7 Å². The van der Waals surface area contributed by atoms with Gasteiger partial charge in [-0.2, -0.15) is 5.01 Å². The Bertz CT molecular complexity index is 1580. The minimum atomic E-state index is -0.452. The Morgan fingerprint density at radius 3 is 2.49 bits per heavy atom. The number of nitrogens with zero attached hydrogens (tertiary/aromatic N) is 3. The van der Waals surface area contributed by atoms with Crippen LogP contribution in [0.1, 0.15) is 42.3 Å². The van der Waals surface area contributed by atoms with E-state index in [4.69, 9.17) is 15.5 Å². The van der Waals surface area contributed by atoms with Gasteiger partial charge in [0.15, 0.2) is 0 Å². The minimum Gasteiger partial charge on any atom is -0.377 e. The van der Waals surface area contributed by atoms with E-state index in [1.54, 1.807) is 11.2 Å². The lowest BCUT2D eigenvalue weighted by molar-refractivity contribution is -0.00546. The molecule has 0 spiro atoms. The number of anilines is 3. The van der Waals surface area contributed by atoms with Crippen LogP contribution in [0.5, 0.6) is 0 Å². The second-order valence-electron chi connectivity index (χ2n) is 11.2. The van der Waals surface area contributed by atoms with Gasteiger partial charge in [0.1, 0.15) is 6.17 Å². The summed E-state index contributed by atoms with van der Waals surface area (Å²) < 4.78 is 5.54. The molecule has 5 rings (SSSR count). The van der Waals surface area contributed by atoms with E-state index in [1.807, 2.05) is 84.7 Å². The number of hydrogen-bond donors (Lipinski definition) is 3. The Hall–Kier alpha value is -4.31. The SMILES string of the molecule is Cc1c(NC(=O)c2ccc(C(C)(C)C)cc2)cccc1-c1c[nH]c(=O)c(N(c2ccccc2)N2CCOCC2N)n1. The molecule has 9 heteroatoms. The van der Waals surface area contributed by atoms with Gasteiger partial charge in [-0.1, -0.05) is 63.2 Å². The summed E-state index contributed by atoms with van der Waals surface area (Å²) in [7, 11) is 0. The summed E-state index contributed by atoms with van der Waals surface area (Å²) in [6.07, 6.45) is 1.14. The van der Waals surface area contributed by atoms with Gasteiger partial charge in [0, 0.05) is 29.6 Å². The molecule has 0 saturated carbocycles. The predicted molar refractivity (Wildman–Crippen MR) is 162 cm³/mol. The number of aromatic amines is 1. The molecule has 3 aromatic carbocycles. The maximum atomic E-state index is 13.2. The number of carbonyl (C=O) groups is 1. The van der Waals surface area contributed by atoms with Gasteiger partial charge in [0.2, 0.25) is 5.82 Å². The van der Waals surface area contributed by atoms with Crippen LogP contribution < -0.4 is 21.6 Å². The van der Waals surface area contributed by atoms with Crippen LogP contribution >= 0.6 is 0 Å². The minimum absolute atomic E-state index is 0.00532. The number of H-pyrrole nitrogens is 1. The fraction of sp³-hybridized carbons (Fsp3) is 0.281. The van der Waals surface area contributed by atoms with Crippen molar-refractivity contribution in [3.05, 3.63) is 106 Å². The average Bonchev–Trinajstić information content (AvgIpc) is 2.96. The number of aromatic nitrogens is 2. The summed E-state index contributed by atoms with van der Waals surface area (Å²) in [4.78, 5) is 34.0. The van der Waals surface area contributed by atoms with Gasteiger partial charge < -0.3 is 20.8 Å². The van der Waals surface area contributed by atoms with Crippen LogP contribution in [-0.4, -0.2) is 46.8 Å². The molecule has 1 unspecified atom stereocenters. The Labute approximate surface area is 240 Å². The number of carbonyl (C=O) groups excluding carboxylic acids is 1. The maximum absolute atomic E-state index is 13.2. The number of nitrogens with two attached hydrogens (primary N) is 1. The highest BCUT2D eigenvalue weighted by molar-refractivity contribution is 6.05. The number of rotatable bonds is 6. The van der Waals surface area contributed by atoms with E-state index >= 15 is 0 Å². The van der Waals surface area contributed by atoms with Crippen molar-refractivity contribution in [3.63, 3.8) is 0 Å². The van der Waals surface area contributed by atoms with Crippen molar-refractivity contribution in [2.24, 2.45) is 5.73 Å². The highest BCUT2D eigenvalue weighted by atomic mass is 16.5. The van der Waals surface area contributed by atoms with Crippen molar-refractivity contribution in [3.8, 4) is 11.3 Å². The largest absolute Gasteiger partial charge is 0.377 e. The molecule has 0 aliphatic carbocycles. The molecule has 1 fully saturated rings. The predicted octanol–water partition coefficient (Wildman–Crippen LogP) is 4.97. The van der Waals surface area contributed by atoms with Crippen molar-refractivity contribution in [1.29, 1.82) is 0 Å². The zero-order valence-electron chi connectivity index (χ0n) is 23.8. The van der Waals surface area contributed by atoms with E-state index in [0.29, 0.717) is 36.7 Å². The highest BCUT2D eigenvalue weighted by Gasteiger charge is 2.30. The Morgan fingerprint density at radius 1 is 1.07 bits per heavy atom. The number of hydrogen-bond acceptors (Lipinski definition) is 7. The molecule has 1 aromatic heterocycles. The van der Waals surface area contributed by atoms with Crippen LogP contribution in [0.3, 0.4) is 0 Å². The molecule has 2 heterocycles. The van der Waals surface area contributed by atoms with Crippen molar-refractivity contribution in [2.45, 2.75) is 39.3 Å². The van der Waals surface area contributed by atoms with Gasteiger partial charge in [-0.25, -0.2) is 4.98 Å². The first-order valence-electron chi connectivity index (χ1n) is 13.7. The number of hydrazine groups is 1. The van der Waals surface area contributed by atoms with Crippen LogP contribution in [0.15, 0.2) is 83.8 Å². The third kappa shape index (κ3) is 6.07. The molecule has 212 valence electrons. The number of morpholine rings is 1. The van der Waals surface area contributed by atoms with E-state index in [2.05, 4.69) is 31.1 Å². The van der Waals surface area contributed by atoms with Crippen LogP contribution in [0, 0.1) is 6.92 Å². The maximum Gasteiger partial charge on any atom is 0.292 e. The quantitative estimate of drug-likeness (QED) is 0.309. The van der Waals surface area contributed by atoms with Crippen LogP contribution in [-0.2, 0) is 10.2 Å². The number of nitrogens with one attached hydrogen (secondary N) is 2. The van der Waals surface area contributed by atoms with Crippen molar-refractivity contribution in [1.82, 2.24) is 15.0 Å². The first kappa shape index (κ1) is 28.2. The fourth-order valence-electron chi connectivity index (χ4n) is 4.87. The molecular formula is C32H36N6O3. The molecule has 0 radical (unpaired) electrons. The van der Waals surface area contributed by atoms with Crippen molar-refractivity contribution >= 4 is 23.1 Å². The van der Waals surface area contributed by atoms with E-state index in [9.17, 15) is 9.59 Å². The number of amides is 1. The van der Waals surface area contributed by atoms with Gasteiger partial charge >= 0.3 is 0 Å². The first-order chi connectivity index (χ1) is 19.6. The summed E-state index contributed by atoms with van der Waals surface area (Å²) in [5.74, 6) is -0.00351. The molecule has 1 aliphatic rings. The summed E-state index contributed by atoms with van der Waals surface area (Å²) in [5, 5.41) is 6.70. The monoisotopic (exact) mass is 552 g/mol. The van der Waals surface area contributed by atoms with Crippen LogP contribution in [0.4, 0.5) is 17.2 Å². The zero-order chi connectivity index (χ0) is 29.1. The Balaban J connectivity index is 1.48. The Kier molecular flexibility index (Phi) is 8.03. The van der Waals surface area contributed by atoms with Gasteiger partial charge in [-0.3, -0.25) is 14.6 Å². The van der Waals surface area contributed by atoms with Crippen molar-refractivity contribution in [2.75, 3.05) is 30.1 Å². The van der Waals surface area contributed by atoms with Gasteiger partial charge in [-0.05, 0) is 53.8 Å². The molecule has 4 N–H and O–H groups in total. The standard InChI is InChI=1S/C32H36N6O3/c1-21-25(11-8-12-26(21)36-30(39)22-13-15-23(16-14-22)32(2,3)4)27-19-34-31(40)29(35-27)38(24-9-6-5-7-10-24)37-17-18-41-20-28(37)33/h5-16,19,28H,17-18,20,33H2,1-4H3,(H,34,40)(H,36,39). The molecule has 41 heavy (non-hydrogen) atoms. The zero-order valence-corrected chi connectivity index (χ0v) is 23.8. The third-order valence-electron chi connectivity index (χ3n) is 7.23. The number of para-hydroxylation sites is 1. The third-order valence-corrected chi connectivity index (χ3v) is 7.23.